The van der Waals surface area contributed by atoms with Crippen LogP contribution < -0.4 is 4.74 Å². The van der Waals surface area contributed by atoms with Gasteiger partial charge >= 0.3 is 0 Å². The number of halogens is 1. The average Bonchev–Trinajstić information content (AvgIpc) is 2.82. The number of imidazole rings is 1. The third kappa shape index (κ3) is 2.83. The molecular formula is C15H19BrN2O2. The van der Waals surface area contributed by atoms with Gasteiger partial charge in [0.1, 0.15) is 11.4 Å². The van der Waals surface area contributed by atoms with E-state index in [1.54, 1.807) is 0 Å². The Morgan fingerprint density at radius 3 is 2.80 bits per heavy atom. The molecule has 0 saturated carbocycles. The zero-order valence-electron chi connectivity index (χ0n) is 11.8. The Morgan fingerprint density at radius 2 is 2.10 bits per heavy atom. The third-order valence-electron chi connectivity index (χ3n) is 3.53. The second kappa shape index (κ2) is 5.74. The first kappa shape index (κ1) is 13.9. The quantitative estimate of drug-likeness (QED) is 0.854. The van der Waals surface area contributed by atoms with Crippen LogP contribution in [0.2, 0.25) is 0 Å². The maximum atomic E-state index is 5.79. The highest BCUT2D eigenvalue weighted by molar-refractivity contribution is 9.10. The average molecular weight is 339 g/mol. The number of ether oxygens (including phenoxy) is 2. The van der Waals surface area contributed by atoms with Crippen LogP contribution in [-0.2, 0) is 4.74 Å². The summed E-state index contributed by atoms with van der Waals surface area (Å²) >= 11 is 3.56. The Hall–Kier alpha value is -1.07. The topological polar surface area (TPSA) is 35.8 Å². The number of fused-ring (bicyclic) bond motifs is 1. The molecule has 1 aliphatic heterocycles. The fourth-order valence-corrected chi connectivity index (χ4v) is 2.97. The van der Waals surface area contributed by atoms with Crippen molar-refractivity contribution in [3.05, 3.63) is 28.6 Å². The molecule has 0 radical (unpaired) electrons. The molecular weight excluding hydrogens is 320 g/mol. The number of hydrogen-bond acceptors (Lipinski definition) is 3. The molecule has 4 nitrogen and oxygen atoms in total. The largest absolute Gasteiger partial charge is 0.490 e. The summed E-state index contributed by atoms with van der Waals surface area (Å²) in [4.78, 5) is 4.75. The molecule has 0 aromatic carbocycles. The minimum atomic E-state index is 0.152. The van der Waals surface area contributed by atoms with Gasteiger partial charge in [0.2, 0.25) is 0 Å². The Kier molecular flexibility index (Phi) is 3.98. The van der Waals surface area contributed by atoms with E-state index in [1.807, 2.05) is 26.1 Å². The van der Waals surface area contributed by atoms with E-state index in [2.05, 4.69) is 26.5 Å². The summed E-state index contributed by atoms with van der Waals surface area (Å²) in [5.41, 5.74) is 2.09. The molecule has 1 aliphatic rings. The third-order valence-corrected chi connectivity index (χ3v) is 4.13. The first-order valence-electron chi connectivity index (χ1n) is 7.06. The van der Waals surface area contributed by atoms with Crippen LogP contribution in [-0.4, -0.2) is 28.7 Å². The van der Waals surface area contributed by atoms with Gasteiger partial charge in [-0.15, -0.1) is 0 Å². The Bertz CT molecular complexity index is 603. The second-order valence-electron chi connectivity index (χ2n) is 5.47. The predicted molar refractivity (Wildman–Crippen MR) is 81.5 cm³/mol. The molecule has 0 bridgehead atoms. The minimum absolute atomic E-state index is 0.152. The summed E-state index contributed by atoms with van der Waals surface area (Å²) < 4.78 is 14.2. The molecule has 108 valence electrons. The zero-order chi connectivity index (χ0) is 14.1. The molecule has 0 unspecified atom stereocenters. The van der Waals surface area contributed by atoms with E-state index in [0.29, 0.717) is 5.92 Å². The van der Waals surface area contributed by atoms with E-state index in [1.165, 1.54) is 0 Å². The van der Waals surface area contributed by atoms with E-state index < -0.39 is 0 Å². The summed E-state index contributed by atoms with van der Waals surface area (Å²) in [5.74, 6) is 1.36. The lowest BCUT2D eigenvalue weighted by molar-refractivity contribution is 0.0846. The molecule has 1 saturated heterocycles. The molecule has 2 aromatic rings. The molecule has 0 amide bonds. The molecule has 5 heteroatoms. The van der Waals surface area contributed by atoms with Crippen LogP contribution in [0.4, 0.5) is 0 Å². The van der Waals surface area contributed by atoms with Gasteiger partial charge in [-0.1, -0.05) is 0 Å². The van der Waals surface area contributed by atoms with Crippen molar-refractivity contribution in [2.75, 3.05) is 13.2 Å². The van der Waals surface area contributed by atoms with Crippen molar-refractivity contribution in [3.8, 4) is 5.75 Å². The number of hydrogen-bond donors (Lipinski definition) is 0. The van der Waals surface area contributed by atoms with Gasteiger partial charge in [0.25, 0.3) is 0 Å². The molecule has 0 aliphatic carbocycles. The van der Waals surface area contributed by atoms with Gasteiger partial charge in [0.15, 0.2) is 0 Å². The lowest BCUT2D eigenvalue weighted by Gasteiger charge is -2.19. The zero-order valence-corrected chi connectivity index (χ0v) is 13.4. The van der Waals surface area contributed by atoms with E-state index in [0.717, 1.165) is 47.6 Å². The SMILES string of the molecule is CC(C)Oc1cc2nc(C3CCOCC3)cn2cc1Br. The number of pyridine rings is 1. The van der Waals surface area contributed by atoms with Gasteiger partial charge < -0.3 is 13.9 Å². The summed E-state index contributed by atoms with van der Waals surface area (Å²) in [6, 6.07) is 1.99. The number of aromatic nitrogens is 2. The van der Waals surface area contributed by atoms with E-state index >= 15 is 0 Å². The maximum Gasteiger partial charge on any atom is 0.140 e. The van der Waals surface area contributed by atoms with Crippen molar-refractivity contribution < 1.29 is 9.47 Å². The molecule has 20 heavy (non-hydrogen) atoms. The van der Waals surface area contributed by atoms with Crippen molar-refractivity contribution in [1.29, 1.82) is 0 Å². The molecule has 3 heterocycles. The van der Waals surface area contributed by atoms with Gasteiger partial charge in [-0.05, 0) is 42.6 Å². The molecule has 0 atom stereocenters. The van der Waals surface area contributed by atoms with Crippen LogP contribution in [0.5, 0.6) is 5.75 Å². The van der Waals surface area contributed by atoms with Crippen molar-refractivity contribution >= 4 is 21.6 Å². The maximum absolute atomic E-state index is 5.79. The minimum Gasteiger partial charge on any atom is -0.490 e. The number of nitrogens with zero attached hydrogens (tertiary/aromatic N) is 2. The van der Waals surface area contributed by atoms with Crippen LogP contribution in [0.1, 0.15) is 38.3 Å². The first-order chi connectivity index (χ1) is 9.63. The molecule has 0 N–H and O–H groups in total. The lowest BCUT2D eigenvalue weighted by atomic mass is 9.97. The molecule has 1 fully saturated rings. The normalized spacial score (nSPS) is 17.0. The Balaban J connectivity index is 1.93. The highest BCUT2D eigenvalue weighted by atomic mass is 79.9. The van der Waals surface area contributed by atoms with Gasteiger partial charge in [-0.3, -0.25) is 0 Å². The van der Waals surface area contributed by atoms with Crippen LogP contribution in [0.15, 0.2) is 22.9 Å². The fourth-order valence-electron chi connectivity index (χ4n) is 2.54. The Morgan fingerprint density at radius 1 is 1.35 bits per heavy atom. The predicted octanol–water partition coefficient (Wildman–Crippen LogP) is 3.78. The van der Waals surface area contributed by atoms with Crippen molar-refractivity contribution in [2.45, 2.75) is 38.7 Å². The van der Waals surface area contributed by atoms with Gasteiger partial charge in [0, 0.05) is 37.6 Å². The smallest absolute Gasteiger partial charge is 0.140 e. The van der Waals surface area contributed by atoms with Crippen molar-refractivity contribution in [3.63, 3.8) is 0 Å². The van der Waals surface area contributed by atoms with Gasteiger partial charge in [0.05, 0.1) is 16.3 Å². The van der Waals surface area contributed by atoms with Crippen molar-refractivity contribution in [1.82, 2.24) is 9.38 Å². The van der Waals surface area contributed by atoms with E-state index in [4.69, 9.17) is 14.5 Å². The Labute approximate surface area is 127 Å². The second-order valence-corrected chi connectivity index (χ2v) is 6.32. The highest BCUT2D eigenvalue weighted by Gasteiger charge is 2.19. The van der Waals surface area contributed by atoms with Crippen LogP contribution in [0, 0.1) is 0 Å². The molecule has 3 rings (SSSR count). The molecule has 0 spiro atoms. The van der Waals surface area contributed by atoms with E-state index in [-0.39, 0.29) is 6.10 Å². The highest BCUT2D eigenvalue weighted by Crippen LogP contribution is 2.30. The lowest BCUT2D eigenvalue weighted by Crippen LogP contribution is -2.14. The van der Waals surface area contributed by atoms with Crippen LogP contribution in [0.3, 0.4) is 0 Å². The number of rotatable bonds is 3. The standard InChI is InChI=1S/C15H19BrN2O2/c1-10(2)20-14-7-15-17-13(9-18(15)8-12(14)16)11-3-5-19-6-4-11/h7-11H,3-6H2,1-2H3. The summed E-state index contributed by atoms with van der Waals surface area (Å²) in [7, 11) is 0. The summed E-state index contributed by atoms with van der Waals surface area (Å²) in [6.07, 6.45) is 6.40. The van der Waals surface area contributed by atoms with Gasteiger partial charge in [-0.25, -0.2) is 4.98 Å². The fraction of sp³-hybridized carbons (Fsp3) is 0.533. The summed E-state index contributed by atoms with van der Waals surface area (Å²) in [5, 5.41) is 0. The molecule has 2 aromatic heterocycles. The van der Waals surface area contributed by atoms with Crippen LogP contribution >= 0.6 is 15.9 Å². The monoisotopic (exact) mass is 338 g/mol. The van der Waals surface area contributed by atoms with Crippen molar-refractivity contribution in [2.24, 2.45) is 0 Å². The van der Waals surface area contributed by atoms with Crippen LogP contribution in [0.25, 0.3) is 5.65 Å². The summed E-state index contributed by atoms with van der Waals surface area (Å²) in [6.45, 7) is 5.72. The van der Waals surface area contributed by atoms with Gasteiger partial charge in [-0.2, -0.15) is 0 Å². The van der Waals surface area contributed by atoms with E-state index in [9.17, 15) is 0 Å². The first-order valence-corrected chi connectivity index (χ1v) is 7.85.